The number of carbonyl (C=O) groups is 2. The molecule has 2 aromatic carbocycles. The molecule has 1 aliphatic heterocycles. The Morgan fingerprint density at radius 1 is 1.11 bits per heavy atom. The minimum atomic E-state index is -0.216. The van der Waals surface area contributed by atoms with Crippen molar-refractivity contribution in [2.45, 2.75) is 32.9 Å². The first-order valence-electron chi connectivity index (χ1n) is 9.88. The lowest BCUT2D eigenvalue weighted by Crippen LogP contribution is -2.32. The van der Waals surface area contributed by atoms with E-state index in [1.165, 1.54) is 31.5 Å². The number of likely N-dealkylation sites (tertiary alicyclic amines) is 1. The molecule has 0 atom stereocenters. The Labute approximate surface area is 166 Å². The van der Waals surface area contributed by atoms with E-state index in [1.54, 1.807) is 24.3 Å². The lowest BCUT2D eigenvalue weighted by Gasteiger charge is -2.30. The Bertz CT molecular complexity index is 781. The van der Waals surface area contributed by atoms with Gasteiger partial charge >= 0.3 is 0 Å². The second kappa shape index (κ2) is 10.0. The summed E-state index contributed by atoms with van der Waals surface area (Å²) < 4.78 is 5.44. The predicted molar refractivity (Wildman–Crippen MR) is 109 cm³/mol. The highest BCUT2D eigenvalue weighted by atomic mass is 16.5. The van der Waals surface area contributed by atoms with Gasteiger partial charge in [-0.3, -0.25) is 14.5 Å². The zero-order valence-electron chi connectivity index (χ0n) is 16.4. The Balaban J connectivity index is 1.41. The number of amides is 1. The van der Waals surface area contributed by atoms with Gasteiger partial charge < -0.3 is 10.1 Å². The summed E-state index contributed by atoms with van der Waals surface area (Å²) >= 11 is 0. The van der Waals surface area contributed by atoms with E-state index in [4.69, 9.17) is 4.74 Å². The number of para-hydroxylation sites is 1. The molecule has 0 aliphatic carbocycles. The first kappa shape index (κ1) is 20.1. The third-order valence-corrected chi connectivity index (χ3v) is 5.20. The zero-order chi connectivity index (χ0) is 19.8. The van der Waals surface area contributed by atoms with Crippen LogP contribution in [0.3, 0.4) is 0 Å². The Kier molecular flexibility index (Phi) is 7.20. The van der Waals surface area contributed by atoms with Crippen LogP contribution in [-0.2, 0) is 17.9 Å². The number of rotatable bonds is 8. The zero-order valence-corrected chi connectivity index (χ0v) is 16.4. The molecule has 1 heterocycles. The molecule has 3 rings (SSSR count). The quantitative estimate of drug-likeness (QED) is 0.713. The van der Waals surface area contributed by atoms with Crippen LogP contribution in [0.25, 0.3) is 0 Å². The summed E-state index contributed by atoms with van der Waals surface area (Å²) in [5.41, 5.74) is 2.80. The van der Waals surface area contributed by atoms with E-state index in [0.29, 0.717) is 17.9 Å². The van der Waals surface area contributed by atoms with Crippen molar-refractivity contribution in [3.63, 3.8) is 0 Å². The smallest absolute Gasteiger partial charge is 0.258 e. The fourth-order valence-corrected chi connectivity index (χ4v) is 3.35. The highest BCUT2D eigenvalue weighted by molar-refractivity contribution is 5.80. The molecule has 1 aliphatic rings. The molecule has 5 nitrogen and oxygen atoms in total. The number of nitrogens with one attached hydrogen (secondary N) is 1. The highest BCUT2D eigenvalue weighted by Crippen LogP contribution is 2.18. The van der Waals surface area contributed by atoms with E-state index in [0.717, 1.165) is 24.3 Å². The molecule has 1 N–H and O–H groups in total. The van der Waals surface area contributed by atoms with Gasteiger partial charge in [0.1, 0.15) is 5.75 Å². The minimum absolute atomic E-state index is 0.115. The molecule has 0 radical (unpaired) electrons. The molecule has 1 amide bonds. The topological polar surface area (TPSA) is 58.6 Å². The van der Waals surface area contributed by atoms with Gasteiger partial charge in [-0.15, -0.1) is 0 Å². The first-order valence-corrected chi connectivity index (χ1v) is 9.88. The van der Waals surface area contributed by atoms with Gasteiger partial charge in [0.05, 0.1) is 5.56 Å². The largest absolute Gasteiger partial charge is 0.483 e. The van der Waals surface area contributed by atoms with Crippen molar-refractivity contribution >= 4 is 12.2 Å². The molecule has 0 saturated carbocycles. The molecule has 1 fully saturated rings. The van der Waals surface area contributed by atoms with Gasteiger partial charge in [-0.05, 0) is 55.1 Å². The maximum atomic E-state index is 12.0. The van der Waals surface area contributed by atoms with Gasteiger partial charge in [0.15, 0.2) is 12.9 Å². The lowest BCUT2D eigenvalue weighted by molar-refractivity contribution is -0.123. The molecule has 0 spiro atoms. The second-order valence-corrected chi connectivity index (χ2v) is 7.50. The van der Waals surface area contributed by atoms with Crippen molar-refractivity contribution in [2.75, 3.05) is 19.7 Å². The van der Waals surface area contributed by atoms with Crippen molar-refractivity contribution in [1.82, 2.24) is 10.2 Å². The van der Waals surface area contributed by atoms with E-state index in [9.17, 15) is 9.59 Å². The van der Waals surface area contributed by atoms with E-state index >= 15 is 0 Å². The summed E-state index contributed by atoms with van der Waals surface area (Å²) in [4.78, 5) is 25.5. The Hall–Kier alpha value is -2.66. The van der Waals surface area contributed by atoms with Crippen LogP contribution in [0, 0.1) is 5.92 Å². The minimum Gasteiger partial charge on any atom is -0.483 e. The highest BCUT2D eigenvalue weighted by Gasteiger charge is 2.15. The van der Waals surface area contributed by atoms with E-state index in [2.05, 4.69) is 41.4 Å². The molecular weight excluding hydrogens is 352 g/mol. The molecule has 148 valence electrons. The van der Waals surface area contributed by atoms with Crippen molar-refractivity contribution in [3.05, 3.63) is 65.2 Å². The van der Waals surface area contributed by atoms with Gasteiger partial charge in [-0.1, -0.05) is 43.3 Å². The number of nitrogens with zero attached hydrogens (tertiary/aromatic N) is 1. The second-order valence-electron chi connectivity index (χ2n) is 7.50. The van der Waals surface area contributed by atoms with Crippen LogP contribution in [0.1, 0.15) is 41.3 Å². The number of piperidine rings is 1. The number of aldehydes is 1. The molecule has 0 bridgehead atoms. The van der Waals surface area contributed by atoms with Crippen LogP contribution in [0.15, 0.2) is 48.5 Å². The molecule has 28 heavy (non-hydrogen) atoms. The average molecular weight is 380 g/mol. The van der Waals surface area contributed by atoms with Gasteiger partial charge in [-0.25, -0.2) is 0 Å². The Morgan fingerprint density at radius 2 is 1.79 bits per heavy atom. The monoisotopic (exact) mass is 380 g/mol. The third kappa shape index (κ3) is 5.92. The predicted octanol–water partition coefficient (Wildman–Crippen LogP) is 3.43. The van der Waals surface area contributed by atoms with Crippen molar-refractivity contribution < 1.29 is 14.3 Å². The number of hydrogen-bond donors (Lipinski definition) is 1. The molecule has 2 aromatic rings. The van der Waals surface area contributed by atoms with E-state index in [-0.39, 0.29) is 12.5 Å². The molecular formula is C23H28N2O3. The van der Waals surface area contributed by atoms with Crippen LogP contribution in [0.2, 0.25) is 0 Å². The van der Waals surface area contributed by atoms with Crippen LogP contribution < -0.4 is 10.1 Å². The number of benzene rings is 2. The first-order chi connectivity index (χ1) is 13.6. The number of carbonyl (C=O) groups excluding carboxylic acids is 2. The average Bonchev–Trinajstić information content (AvgIpc) is 2.73. The summed E-state index contributed by atoms with van der Waals surface area (Å²) in [6.07, 6.45) is 3.28. The SMILES string of the molecule is CC1CCN(Cc2ccc(CNC(=O)COc3ccccc3C=O)cc2)CC1. The maximum Gasteiger partial charge on any atom is 0.258 e. The normalized spacial score (nSPS) is 15.2. The van der Waals surface area contributed by atoms with Gasteiger partial charge in [-0.2, -0.15) is 0 Å². The number of ether oxygens (including phenoxy) is 1. The summed E-state index contributed by atoms with van der Waals surface area (Å²) in [6.45, 7) is 6.00. The van der Waals surface area contributed by atoms with E-state index in [1.807, 2.05) is 0 Å². The fourth-order valence-electron chi connectivity index (χ4n) is 3.35. The van der Waals surface area contributed by atoms with Crippen molar-refractivity contribution in [3.8, 4) is 5.75 Å². The molecule has 1 saturated heterocycles. The van der Waals surface area contributed by atoms with Crippen LogP contribution in [0.4, 0.5) is 0 Å². The van der Waals surface area contributed by atoms with Gasteiger partial charge in [0.25, 0.3) is 5.91 Å². The molecule has 0 aromatic heterocycles. The van der Waals surface area contributed by atoms with Crippen LogP contribution in [-0.4, -0.2) is 36.8 Å². The number of hydrogen-bond acceptors (Lipinski definition) is 4. The standard InChI is InChI=1S/C23H28N2O3/c1-18-10-12-25(13-11-18)15-20-8-6-19(7-9-20)14-24-23(27)17-28-22-5-3-2-4-21(22)16-26/h2-9,16,18H,10-15,17H2,1H3,(H,24,27). The third-order valence-electron chi connectivity index (χ3n) is 5.20. The summed E-state index contributed by atoms with van der Waals surface area (Å²) in [7, 11) is 0. The summed E-state index contributed by atoms with van der Waals surface area (Å²) in [6, 6.07) is 15.3. The fraction of sp³-hybridized carbons (Fsp3) is 0.391. The van der Waals surface area contributed by atoms with Crippen molar-refractivity contribution in [1.29, 1.82) is 0 Å². The summed E-state index contributed by atoms with van der Waals surface area (Å²) in [5.74, 6) is 1.05. The van der Waals surface area contributed by atoms with Gasteiger partial charge in [0.2, 0.25) is 0 Å². The van der Waals surface area contributed by atoms with Crippen molar-refractivity contribution in [2.24, 2.45) is 5.92 Å². The van der Waals surface area contributed by atoms with Crippen LogP contribution >= 0.6 is 0 Å². The van der Waals surface area contributed by atoms with Crippen LogP contribution in [0.5, 0.6) is 5.75 Å². The lowest BCUT2D eigenvalue weighted by atomic mass is 9.99. The molecule has 5 heteroatoms. The maximum absolute atomic E-state index is 12.0. The Morgan fingerprint density at radius 3 is 2.50 bits per heavy atom. The molecule has 0 unspecified atom stereocenters. The van der Waals surface area contributed by atoms with E-state index < -0.39 is 0 Å². The van der Waals surface area contributed by atoms with Gasteiger partial charge in [0, 0.05) is 13.1 Å². The summed E-state index contributed by atoms with van der Waals surface area (Å²) in [5, 5.41) is 2.85.